The third-order valence-electron chi connectivity index (χ3n) is 10.7. The van der Waals surface area contributed by atoms with Crippen LogP contribution in [0.1, 0.15) is 43.2 Å². The van der Waals surface area contributed by atoms with Crippen molar-refractivity contribution in [3.63, 3.8) is 0 Å². The summed E-state index contributed by atoms with van der Waals surface area (Å²) in [5.41, 5.74) is 10.8. The molecular weight excluding hydrogens is 853 g/mol. The van der Waals surface area contributed by atoms with Crippen molar-refractivity contribution in [2.75, 3.05) is 0 Å². The van der Waals surface area contributed by atoms with Crippen LogP contribution in [0.3, 0.4) is 0 Å². The molecular formula is C49H46IrN2OSi-2. The van der Waals surface area contributed by atoms with Crippen molar-refractivity contribution < 1.29 is 24.5 Å². The Kier molecular flexibility index (Phi) is 11.4. The van der Waals surface area contributed by atoms with Gasteiger partial charge in [-0.1, -0.05) is 148 Å². The van der Waals surface area contributed by atoms with Crippen LogP contribution in [0.5, 0.6) is 0 Å². The molecule has 0 aliphatic heterocycles. The molecule has 1 saturated carbocycles. The number of furan rings is 1. The van der Waals surface area contributed by atoms with Crippen LogP contribution in [-0.2, 0) is 26.5 Å². The van der Waals surface area contributed by atoms with Crippen LogP contribution in [0.15, 0.2) is 132 Å². The van der Waals surface area contributed by atoms with Gasteiger partial charge in [-0.3, -0.25) is 0 Å². The molecule has 1 radical (unpaired) electrons. The zero-order chi connectivity index (χ0) is 36.4. The number of aryl methyl sites for hydroxylation is 1. The number of hydrogen-bond donors (Lipinski definition) is 0. The third kappa shape index (κ3) is 8.05. The van der Waals surface area contributed by atoms with Gasteiger partial charge < -0.3 is 14.4 Å². The summed E-state index contributed by atoms with van der Waals surface area (Å²) in [6.07, 6.45) is 12.4. The van der Waals surface area contributed by atoms with Crippen molar-refractivity contribution in [3.8, 4) is 33.6 Å². The molecule has 5 aromatic carbocycles. The van der Waals surface area contributed by atoms with Crippen molar-refractivity contribution >= 4 is 46.0 Å². The molecule has 1 fully saturated rings. The normalized spacial score (nSPS) is 13.4. The fourth-order valence-corrected chi connectivity index (χ4v) is 9.51. The summed E-state index contributed by atoms with van der Waals surface area (Å²) in [7, 11) is -1.36. The Morgan fingerprint density at radius 1 is 0.722 bits per heavy atom. The van der Waals surface area contributed by atoms with Gasteiger partial charge in [0.2, 0.25) is 0 Å². The fraction of sp³-hybridized carbons (Fsp3) is 0.224. The Hall–Kier alpha value is -4.67. The van der Waals surface area contributed by atoms with Gasteiger partial charge in [-0.05, 0) is 68.7 Å². The number of benzene rings is 5. The molecule has 1 aliphatic carbocycles. The van der Waals surface area contributed by atoms with Gasteiger partial charge in [0, 0.05) is 32.5 Å². The number of pyridine rings is 2. The predicted molar refractivity (Wildman–Crippen MR) is 225 cm³/mol. The maximum absolute atomic E-state index is 6.31. The summed E-state index contributed by atoms with van der Waals surface area (Å²) in [4.78, 5) is 9.42. The Bertz CT molecular complexity index is 2510. The van der Waals surface area contributed by atoms with E-state index in [0.29, 0.717) is 0 Å². The SMILES string of the molecule is C[Si](C)(C)c1cnc(-c2[c-]cccc2)cc1CC1CCCCC1.Cc1ccc(-c2ccccc2)c2c1oc1[c-]c(-c3cc4ccccc4cn3)ccc12.[Ir]. The molecule has 3 nitrogen and oxygen atoms in total. The van der Waals surface area contributed by atoms with E-state index in [9.17, 15) is 0 Å². The van der Waals surface area contributed by atoms with Crippen LogP contribution < -0.4 is 5.19 Å². The molecule has 0 bridgehead atoms. The molecule has 0 atom stereocenters. The van der Waals surface area contributed by atoms with Gasteiger partial charge in [0.15, 0.2) is 0 Å². The van der Waals surface area contributed by atoms with Gasteiger partial charge in [-0.25, -0.2) is 0 Å². The van der Waals surface area contributed by atoms with Crippen LogP contribution in [0, 0.1) is 25.0 Å². The summed E-state index contributed by atoms with van der Waals surface area (Å²) < 4.78 is 6.31. The first kappa shape index (κ1) is 37.6. The van der Waals surface area contributed by atoms with E-state index in [1.165, 1.54) is 55.0 Å². The smallest absolute Gasteiger partial charge is 0.127 e. The minimum atomic E-state index is -1.36. The second kappa shape index (κ2) is 16.4. The Labute approximate surface area is 334 Å². The number of hydrogen-bond acceptors (Lipinski definition) is 3. The maximum Gasteiger partial charge on any atom is 0.127 e. The molecule has 1 aliphatic rings. The minimum absolute atomic E-state index is 0. The molecule has 0 amide bonds. The van der Waals surface area contributed by atoms with E-state index >= 15 is 0 Å². The van der Waals surface area contributed by atoms with Crippen molar-refractivity contribution in [2.24, 2.45) is 5.92 Å². The van der Waals surface area contributed by atoms with Crippen molar-refractivity contribution in [3.05, 3.63) is 151 Å². The molecule has 0 saturated heterocycles. The predicted octanol–water partition coefficient (Wildman–Crippen LogP) is 12.8. The fourth-order valence-electron chi connectivity index (χ4n) is 7.92. The van der Waals surface area contributed by atoms with Crippen LogP contribution in [0.2, 0.25) is 19.6 Å². The summed E-state index contributed by atoms with van der Waals surface area (Å²) in [6, 6.07) is 46.7. The summed E-state index contributed by atoms with van der Waals surface area (Å²) >= 11 is 0. The van der Waals surface area contributed by atoms with Crippen LogP contribution in [0.4, 0.5) is 0 Å². The minimum Gasteiger partial charge on any atom is -0.476 e. The topological polar surface area (TPSA) is 38.9 Å². The summed E-state index contributed by atoms with van der Waals surface area (Å²) in [5.74, 6) is 0.869. The standard InChI is InChI=1S/C28H18NO.C21H28NSi.Ir/c1-18-11-13-23(19-7-3-2-4-8-19)27-24-14-12-21(16-26(24)30-28(18)27)25-15-20-9-5-6-10-22(20)17-29-25;1-23(2,3)21-16-22-20(18-12-8-5-9-13-18)15-19(21)14-17-10-6-4-7-11-17;/h2-15,17H,1H3;5,8-9,12,15-17H,4,6-7,10-11,14H2,1-3H3;/q2*-1;. The molecule has 3 heterocycles. The number of fused-ring (bicyclic) bond motifs is 4. The zero-order valence-electron chi connectivity index (χ0n) is 31.6. The van der Waals surface area contributed by atoms with E-state index < -0.39 is 8.07 Å². The first-order valence-corrected chi connectivity index (χ1v) is 22.6. The molecule has 8 aromatic rings. The van der Waals surface area contributed by atoms with E-state index in [-0.39, 0.29) is 20.1 Å². The average molecular weight is 899 g/mol. The van der Waals surface area contributed by atoms with E-state index in [4.69, 9.17) is 9.40 Å². The van der Waals surface area contributed by atoms with Crippen molar-refractivity contribution in [1.29, 1.82) is 0 Å². The van der Waals surface area contributed by atoms with E-state index in [2.05, 4.69) is 135 Å². The first-order valence-electron chi connectivity index (χ1n) is 19.1. The Morgan fingerprint density at radius 3 is 2.20 bits per heavy atom. The summed E-state index contributed by atoms with van der Waals surface area (Å²) in [6.45, 7) is 9.39. The monoisotopic (exact) mass is 899 g/mol. The van der Waals surface area contributed by atoms with Crippen molar-refractivity contribution in [1.82, 2.24) is 9.97 Å². The quantitative estimate of drug-likeness (QED) is 0.123. The van der Waals surface area contributed by atoms with Crippen LogP contribution in [0.25, 0.3) is 66.4 Å². The molecule has 3 aromatic heterocycles. The van der Waals surface area contributed by atoms with Gasteiger partial charge in [0.05, 0.1) is 13.7 Å². The Balaban J connectivity index is 0.000000170. The summed E-state index contributed by atoms with van der Waals surface area (Å²) in [5, 5.41) is 6.07. The van der Waals surface area contributed by atoms with Gasteiger partial charge in [-0.15, -0.1) is 53.6 Å². The third-order valence-corrected chi connectivity index (χ3v) is 12.8. The number of nitrogens with zero attached hydrogens (tertiary/aromatic N) is 2. The Morgan fingerprint density at radius 2 is 1.44 bits per heavy atom. The maximum atomic E-state index is 6.31. The first-order chi connectivity index (χ1) is 25.8. The van der Waals surface area contributed by atoms with E-state index in [1.54, 1.807) is 10.8 Å². The second-order valence-electron chi connectivity index (χ2n) is 15.6. The van der Waals surface area contributed by atoms with Crippen LogP contribution in [-0.4, -0.2) is 18.0 Å². The van der Waals surface area contributed by atoms with Gasteiger partial charge in [0.25, 0.3) is 0 Å². The van der Waals surface area contributed by atoms with E-state index in [1.807, 2.05) is 36.5 Å². The molecule has 0 spiro atoms. The second-order valence-corrected chi connectivity index (χ2v) is 20.6. The van der Waals surface area contributed by atoms with Gasteiger partial charge in [-0.2, -0.15) is 0 Å². The largest absolute Gasteiger partial charge is 0.476 e. The number of aromatic nitrogens is 2. The molecule has 0 unspecified atom stereocenters. The molecule has 273 valence electrons. The molecule has 5 heteroatoms. The molecule has 54 heavy (non-hydrogen) atoms. The zero-order valence-corrected chi connectivity index (χ0v) is 35.0. The van der Waals surface area contributed by atoms with E-state index in [0.717, 1.165) is 61.3 Å². The van der Waals surface area contributed by atoms with Gasteiger partial charge >= 0.3 is 0 Å². The molecule has 0 N–H and O–H groups in total. The average Bonchev–Trinajstić information content (AvgIpc) is 3.59. The van der Waals surface area contributed by atoms with Gasteiger partial charge in [0.1, 0.15) is 5.58 Å². The molecule has 9 rings (SSSR count). The van der Waals surface area contributed by atoms with Crippen LogP contribution >= 0.6 is 0 Å². The number of rotatable bonds is 6. The van der Waals surface area contributed by atoms with Crippen molar-refractivity contribution in [2.45, 2.75) is 65.1 Å².